The van der Waals surface area contributed by atoms with Crippen LogP contribution in [-0.4, -0.2) is 22.1 Å². The Labute approximate surface area is 143 Å². The van der Waals surface area contributed by atoms with Crippen LogP contribution >= 0.6 is 11.6 Å². The zero-order chi connectivity index (χ0) is 17.3. The number of aromatic nitrogens is 1. The molecule has 1 atom stereocenters. The van der Waals surface area contributed by atoms with Gasteiger partial charge in [0.05, 0.1) is 5.56 Å². The van der Waals surface area contributed by atoms with Crippen molar-refractivity contribution in [3.05, 3.63) is 59.1 Å². The number of fused-ring (bicyclic) bond motifs is 1. The van der Waals surface area contributed by atoms with Gasteiger partial charge in [-0.05, 0) is 43.7 Å². The minimum Gasteiger partial charge on any atom is -0.452 e. The molecule has 2 aromatic rings. The summed E-state index contributed by atoms with van der Waals surface area (Å²) >= 11 is 5.71. The minimum absolute atomic E-state index is 0.204. The summed E-state index contributed by atoms with van der Waals surface area (Å²) in [5.74, 6) is 0.135. The van der Waals surface area contributed by atoms with Crippen molar-refractivity contribution in [2.75, 3.05) is 0 Å². The van der Waals surface area contributed by atoms with Crippen molar-refractivity contribution in [1.29, 1.82) is 0 Å². The number of ether oxygens (including phenoxy) is 2. The lowest BCUT2D eigenvalue weighted by Crippen LogP contribution is -2.18. The van der Waals surface area contributed by atoms with Gasteiger partial charge in [-0.1, -0.05) is 6.07 Å². The fraction of sp³-hybridized carbons (Fsp3) is 0.167. The van der Waals surface area contributed by atoms with E-state index in [2.05, 4.69) is 4.98 Å². The molecule has 1 aliphatic heterocycles. The van der Waals surface area contributed by atoms with Crippen molar-refractivity contribution in [3.8, 4) is 11.5 Å². The molecule has 0 radical (unpaired) electrons. The van der Waals surface area contributed by atoms with Crippen LogP contribution in [0.15, 0.2) is 42.4 Å². The summed E-state index contributed by atoms with van der Waals surface area (Å²) in [6.45, 7) is 3.25. The van der Waals surface area contributed by atoms with Crippen LogP contribution in [0.25, 0.3) is 6.08 Å². The summed E-state index contributed by atoms with van der Waals surface area (Å²) in [6.07, 6.45) is 4.91. The standard InChI is InChI=1S/C18H14ClNO4/c1-10-14(24-18(22)11(2)19)6-5-13-16(21)15(23-17(10)13)8-12-4-3-7-20-9-12/h3-9,11H,1-2H3/b15-8-. The van der Waals surface area contributed by atoms with E-state index in [0.29, 0.717) is 22.6 Å². The third-order valence-electron chi connectivity index (χ3n) is 3.55. The molecule has 1 aromatic heterocycles. The molecule has 0 amide bonds. The number of alkyl halides is 1. The van der Waals surface area contributed by atoms with Gasteiger partial charge in [0.15, 0.2) is 5.76 Å². The molecule has 6 heteroatoms. The first-order valence-electron chi connectivity index (χ1n) is 7.31. The van der Waals surface area contributed by atoms with Gasteiger partial charge in [-0.25, -0.2) is 0 Å². The third-order valence-corrected chi connectivity index (χ3v) is 3.73. The molecule has 0 N–H and O–H groups in total. The largest absolute Gasteiger partial charge is 0.452 e. The third kappa shape index (κ3) is 3.03. The Kier molecular flexibility index (Phi) is 4.36. The smallest absolute Gasteiger partial charge is 0.329 e. The zero-order valence-electron chi connectivity index (χ0n) is 13.1. The Morgan fingerprint density at radius 2 is 2.17 bits per heavy atom. The quantitative estimate of drug-likeness (QED) is 0.369. The second-order valence-corrected chi connectivity index (χ2v) is 5.98. The van der Waals surface area contributed by atoms with E-state index >= 15 is 0 Å². The fourth-order valence-corrected chi connectivity index (χ4v) is 2.33. The van der Waals surface area contributed by atoms with Gasteiger partial charge in [-0.15, -0.1) is 11.6 Å². The molecule has 0 saturated heterocycles. The Hall–Kier alpha value is -2.66. The number of allylic oxidation sites excluding steroid dienone is 1. The predicted molar refractivity (Wildman–Crippen MR) is 89.3 cm³/mol. The molecule has 2 heterocycles. The summed E-state index contributed by atoms with van der Waals surface area (Å²) in [7, 11) is 0. The monoisotopic (exact) mass is 343 g/mol. The van der Waals surface area contributed by atoms with Gasteiger partial charge < -0.3 is 9.47 Å². The molecule has 3 rings (SSSR count). The molecule has 0 bridgehead atoms. The predicted octanol–water partition coefficient (Wildman–Crippen LogP) is 3.54. The molecule has 1 aromatic carbocycles. The van der Waals surface area contributed by atoms with Crippen LogP contribution in [0.5, 0.6) is 11.5 Å². The highest BCUT2D eigenvalue weighted by molar-refractivity contribution is 6.29. The summed E-state index contributed by atoms with van der Waals surface area (Å²) in [6, 6.07) is 6.74. The first kappa shape index (κ1) is 16.2. The molecular weight excluding hydrogens is 330 g/mol. The van der Waals surface area contributed by atoms with Crippen LogP contribution in [-0.2, 0) is 4.79 Å². The Morgan fingerprint density at radius 3 is 2.83 bits per heavy atom. The number of Topliss-reactive ketones (excluding diaryl/α,β-unsaturated/α-hetero) is 1. The number of pyridine rings is 1. The summed E-state index contributed by atoms with van der Waals surface area (Å²) < 4.78 is 10.9. The summed E-state index contributed by atoms with van der Waals surface area (Å²) in [5.41, 5.74) is 1.76. The van der Waals surface area contributed by atoms with Gasteiger partial charge in [0, 0.05) is 18.0 Å². The van der Waals surface area contributed by atoms with E-state index in [9.17, 15) is 9.59 Å². The summed E-state index contributed by atoms with van der Waals surface area (Å²) in [4.78, 5) is 28.1. The van der Waals surface area contributed by atoms with Gasteiger partial charge in [-0.3, -0.25) is 14.6 Å². The number of benzene rings is 1. The van der Waals surface area contributed by atoms with Crippen molar-refractivity contribution in [3.63, 3.8) is 0 Å². The molecule has 1 unspecified atom stereocenters. The first-order chi connectivity index (χ1) is 11.5. The normalized spacial score (nSPS) is 15.8. The van der Waals surface area contributed by atoms with Crippen molar-refractivity contribution < 1.29 is 19.1 Å². The van der Waals surface area contributed by atoms with E-state index in [1.807, 2.05) is 6.07 Å². The van der Waals surface area contributed by atoms with Crippen LogP contribution in [0, 0.1) is 6.92 Å². The van der Waals surface area contributed by atoms with Crippen LogP contribution < -0.4 is 9.47 Å². The first-order valence-corrected chi connectivity index (χ1v) is 7.74. The molecule has 122 valence electrons. The molecule has 24 heavy (non-hydrogen) atoms. The number of hydrogen-bond acceptors (Lipinski definition) is 5. The van der Waals surface area contributed by atoms with Crippen molar-refractivity contribution >= 4 is 29.4 Å². The van der Waals surface area contributed by atoms with Gasteiger partial charge >= 0.3 is 5.97 Å². The lowest BCUT2D eigenvalue weighted by molar-refractivity contribution is -0.133. The van der Waals surface area contributed by atoms with Gasteiger partial charge in [0.2, 0.25) is 5.78 Å². The Bertz CT molecular complexity index is 844. The number of halogens is 1. The lowest BCUT2D eigenvalue weighted by Gasteiger charge is -2.10. The van der Waals surface area contributed by atoms with Crippen molar-refractivity contribution in [1.82, 2.24) is 4.98 Å². The second-order valence-electron chi connectivity index (χ2n) is 5.33. The molecular formula is C18H14ClNO4. The Morgan fingerprint density at radius 1 is 1.38 bits per heavy atom. The summed E-state index contributed by atoms with van der Waals surface area (Å²) in [5, 5.41) is -0.763. The number of carbonyl (C=O) groups excluding carboxylic acids is 2. The van der Waals surface area contributed by atoms with E-state index in [1.54, 1.807) is 43.6 Å². The topological polar surface area (TPSA) is 65.5 Å². The minimum atomic E-state index is -0.763. The van der Waals surface area contributed by atoms with Crippen molar-refractivity contribution in [2.24, 2.45) is 0 Å². The van der Waals surface area contributed by atoms with Crippen LogP contribution in [0.2, 0.25) is 0 Å². The number of ketones is 1. The highest BCUT2D eigenvalue weighted by atomic mass is 35.5. The molecule has 0 aliphatic carbocycles. The lowest BCUT2D eigenvalue weighted by atomic mass is 10.1. The number of carbonyl (C=O) groups is 2. The highest BCUT2D eigenvalue weighted by Crippen LogP contribution is 2.39. The van der Waals surface area contributed by atoms with E-state index < -0.39 is 11.3 Å². The molecule has 1 aliphatic rings. The second kappa shape index (κ2) is 6.45. The number of rotatable bonds is 3. The Balaban J connectivity index is 1.93. The van der Waals surface area contributed by atoms with Crippen LogP contribution in [0.3, 0.4) is 0 Å². The number of esters is 1. The van der Waals surface area contributed by atoms with E-state index in [4.69, 9.17) is 21.1 Å². The van der Waals surface area contributed by atoms with Crippen LogP contribution in [0.4, 0.5) is 0 Å². The van der Waals surface area contributed by atoms with Crippen LogP contribution in [0.1, 0.15) is 28.4 Å². The highest BCUT2D eigenvalue weighted by Gasteiger charge is 2.30. The van der Waals surface area contributed by atoms with E-state index in [-0.39, 0.29) is 11.5 Å². The van der Waals surface area contributed by atoms with E-state index in [0.717, 1.165) is 5.56 Å². The maximum absolute atomic E-state index is 12.5. The molecule has 0 spiro atoms. The van der Waals surface area contributed by atoms with Gasteiger partial charge in [0.1, 0.15) is 16.9 Å². The maximum Gasteiger partial charge on any atom is 0.329 e. The fourth-order valence-electron chi connectivity index (χ4n) is 2.28. The zero-order valence-corrected chi connectivity index (χ0v) is 13.8. The average Bonchev–Trinajstić information content (AvgIpc) is 2.88. The average molecular weight is 344 g/mol. The molecule has 0 fully saturated rings. The SMILES string of the molecule is Cc1c(OC(=O)C(C)Cl)ccc2c1O/C(=C\c1cccnc1)C2=O. The van der Waals surface area contributed by atoms with Crippen molar-refractivity contribution in [2.45, 2.75) is 19.2 Å². The van der Waals surface area contributed by atoms with E-state index in [1.165, 1.54) is 6.92 Å². The number of nitrogens with zero attached hydrogens (tertiary/aromatic N) is 1. The van der Waals surface area contributed by atoms with Gasteiger partial charge in [-0.2, -0.15) is 0 Å². The van der Waals surface area contributed by atoms with Gasteiger partial charge in [0.25, 0.3) is 0 Å². The number of hydrogen-bond donors (Lipinski definition) is 0. The molecule has 5 nitrogen and oxygen atoms in total. The molecule has 0 saturated carbocycles. The maximum atomic E-state index is 12.5.